The van der Waals surface area contributed by atoms with Gasteiger partial charge in [-0.3, -0.25) is 4.79 Å². The van der Waals surface area contributed by atoms with Crippen LogP contribution in [0, 0.1) is 23.7 Å². The number of hydrogen-bond acceptors (Lipinski definition) is 5. The van der Waals surface area contributed by atoms with Gasteiger partial charge in [-0.2, -0.15) is 15.5 Å². The molecule has 0 spiro atoms. The number of rotatable bonds is 7. The monoisotopic (exact) mass is 335 g/mol. The van der Waals surface area contributed by atoms with Crippen molar-refractivity contribution in [1.29, 1.82) is 5.26 Å². The van der Waals surface area contributed by atoms with Crippen LogP contribution in [-0.2, 0) is 4.79 Å². The Morgan fingerprint density at radius 1 is 1.44 bits per heavy atom. The van der Waals surface area contributed by atoms with Crippen LogP contribution in [0.1, 0.15) is 37.7 Å². The van der Waals surface area contributed by atoms with Crippen LogP contribution in [0.25, 0.3) is 0 Å². The maximum atomic E-state index is 12.4. The molecule has 0 radical (unpaired) electrons. The van der Waals surface area contributed by atoms with Crippen LogP contribution in [-0.4, -0.2) is 35.6 Å². The Morgan fingerprint density at radius 2 is 2.28 bits per heavy atom. The molecule has 1 amide bonds. The number of carbonyl (C=O) groups excluding carboxylic acids is 1. The first-order chi connectivity index (χ1) is 12.1. The normalized spacial score (nSPS) is 19.9. The highest BCUT2D eigenvalue weighted by Gasteiger charge is 2.40. The zero-order chi connectivity index (χ0) is 17.7. The summed E-state index contributed by atoms with van der Waals surface area (Å²) in [5.41, 5.74) is 1.16. The van der Waals surface area contributed by atoms with Gasteiger partial charge in [0, 0.05) is 50.5 Å². The number of nitrogens with one attached hydrogen (secondary N) is 1. The third-order valence-corrected chi connectivity index (χ3v) is 4.70. The second kappa shape index (κ2) is 7.36. The number of carbonyl (C=O) groups is 1. The van der Waals surface area contributed by atoms with E-state index in [1.54, 1.807) is 6.07 Å². The van der Waals surface area contributed by atoms with Crippen molar-refractivity contribution in [3.05, 3.63) is 29.8 Å². The van der Waals surface area contributed by atoms with Crippen LogP contribution < -0.4 is 5.32 Å². The number of nitriles is 1. The fourth-order valence-corrected chi connectivity index (χ4v) is 3.15. The summed E-state index contributed by atoms with van der Waals surface area (Å²) < 4.78 is 0. The number of amides is 1. The molecule has 1 aromatic carbocycles. The fraction of sp³-hybridized carbons (Fsp3) is 0.474. The van der Waals surface area contributed by atoms with E-state index in [1.807, 2.05) is 23.1 Å². The molecule has 0 aromatic heterocycles. The van der Waals surface area contributed by atoms with Gasteiger partial charge in [0.15, 0.2) is 5.66 Å². The zero-order valence-electron chi connectivity index (χ0n) is 14.1. The molecule has 0 aliphatic carbocycles. The van der Waals surface area contributed by atoms with Crippen molar-refractivity contribution in [2.24, 2.45) is 10.2 Å². The summed E-state index contributed by atoms with van der Waals surface area (Å²) >= 11 is 0. The molecular weight excluding hydrogens is 314 g/mol. The minimum Gasteiger partial charge on any atom is -0.380 e. The molecule has 1 saturated heterocycles. The third kappa shape index (κ3) is 4.36. The summed E-state index contributed by atoms with van der Waals surface area (Å²) in [4.78, 5) is 14.3. The van der Waals surface area contributed by atoms with Gasteiger partial charge < -0.3 is 10.2 Å². The molecule has 0 bridgehead atoms. The molecule has 25 heavy (non-hydrogen) atoms. The highest BCUT2D eigenvalue weighted by atomic mass is 16.2. The van der Waals surface area contributed by atoms with Crippen molar-refractivity contribution in [2.45, 2.75) is 43.8 Å². The van der Waals surface area contributed by atoms with E-state index in [-0.39, 0.29) is 11.9 Å². The third-order valence-electron chi connectivity index (χ3n) is 4.70. The number of terminal acetylenes is 1. The van der Waals surface area contributed by atoms with E-state index >= 15 is 0 Å². The highest BCUT2D eigenvalue weighted by Crippen LogP contribution is 2.37. The standard InChI is InChI=1S/C19H21N5O/c1-2-3-9-19(22-23-19)10-7-18(25)24-11-8-17(14-24)21-16-6-4-5-15(12-16)13-20/h1,4-6,12,17,21H,3,7-11,14H2. The van der Waals surface area contributed by atoms with Gasteiger partial charge in [0.25, 0.3) is 0 Å². The van der Waals surface area contributed by atoms with E-state index in [9.17, 15) is 4.79 Å². The van der Waals surface area contributed by atoms with Gasteiger partial charge in [-0.1, -0.05) is 6.07 Å². The Balaban J connectivity index is 1.45. The van der Waals surface area contributed by atoms with Crippen LogP contribution in [0.15, 0.2) is 34.5 Å². The SMILES string of the molecule is C#CCCC1(CCC(=O)N2CCC(Nc3cccc(C#N)c3)C2)N=N1. The summed E-state index contributed by atoms with van der Waals surface area (Å²) in [6, 6.07) is 9.75. The maximum absolute atomic E-state index is 12.4. The Hall–Kier alpha value is -2.86. The molecule has 0 saturated carbocycles. The van der Waals surface area contributed by atoms with Crippen molar-refractivity contribution >= 4 is 11.6 Å². The lowest BCUT2D eigenvalue weighted by atomic mass is 10.0. The van der Waals surface area contributed by atoms with Crippen LogP contribution in [0.5, 0.6) is 0 Å². The van der Waals surface area contributed by atoms with Crippen molar-refractivity contribution in [3.8, 4) is 18.4 Å². The van der Waals surface area contributed by atoms with Gasteiger partial charge >= 0.3 is 0 Å². The fourth-order valence-electron chi connectivity index (χ4n) is 3.15. The lowest BCUT2D eigenvalue weighted by Crippen LogP contribution is -2.32. The van der Waals surface area contributed by atoms with E-state index < -0.39 is 5.66 Å². The molecule has 128 valence electrons. The van der Waals surface area contributed by atoms with E-state index in [4.69, 9.17) is 11.7 Å². The Kier molecular flexibility index (Phi) is 5.00. The zero-order valence-corrected chi connectivity index (χ0v) is 14.1. The summed E-state index contributed by atoms with van der Waals surface area (Å²) in [5.74, 6) is 2.75. The van der Waals surface area contributed by atoms with E-state index in [2.05, 4.69) is 27.5 Å². The van der Waals surface area contributed by atoms with Gasteiger partial charge in [-0.15, -0.1) is 12.3 Å². The van der Waals surface area contributed by atoms with Gasteiger partial charge in [-0.25, -0.2) is 0 Å². The van der Waals surface area contributed by atoms with Crippen LogP contribution in [0.4, 0.5) is 5.69 Å². The number of nitrogens with zero attached hydrogens (tertiary/aromatic N) is 4. The van der Waals surface area contributed by atoms with Crippen LogP contribution in [0.3, 0.4) is 0 Å². The predicted octanol–water partition coefficient (Wildman–Crippen LogP) is 2.93. The molecule has 2 aliphatic heterocycles. The highest BCUT2D eigenvalue weighted by molar-refractivity contribution is 5.76. The molecule has 1 fully saturated rings. The first-order valence-electron chi connectivity index (χ1n) is 8.56. The molecule has 6 heteroatoms. The Morgan fingerprint density at radius 3 is 3.00 bits per heavy atom. The number of hydrogen-bond donors (Lipinski definition) is 1. The van der Waals surface area contributed by atoms with Crippen LogP contribution >= 0.6 is 0 Å². The summed E-state index contributed by atoms with van der Waals surface area (Å²) in [5, 5.41) is 20.5. The lowest BCUT2D eigenvalue weighted by molar-refractivity contribution is -0.130. The molecular formula is C19H21N5O. The largest absolute Gasteiger partial charge is 0.380 e. The minimum absolute atomic E-state index is 0.146. The maximum Gasteiger partial charge on any atom is 0.222 e. The number of likely N-dealkylation sites (tertiary alicyclic amines) is 1. The van der Waals surface area contributed by atoms with Crippen molar-refractivity contribution in [3.63, 3.8) is 0 Å². The minimum atomic E-state index is -0.392. The average Bonchev–Trinajstić information content (AvgIpc) is 3.26. The van der Waals surface area contributed by atoms with Gasteiger partial charge in [0.1, 0.15) is 0 Å². The van der Waals surface area contributed by atoms with Crippen molar-refractivity contribution < 1.29 is 4.79 Å². The first-order valence-corrected chi connectivity index (χ1v) is 8.56. The Labute approximate surface area is 147 Å². The molecule has 3 rings (SSSR count). The number of benzene rings is 1. The molecule has 6 nitrogen and oxygen atoms in total. The second-order valence-corrected chi connectivity index (χ2v) is 6.55. The van der Waals surface area contributed by atoms with E-state index in [1.165, 1.54) is 0 Å². The predicted molar refractivity (Wildman–Crippen MR) is 94.7 cm³/mol. The first kappa shape index (κ1) is 17.0. The topological polar surface area (TPSA) is 80.9 Å². The van der Waals surface area contributed by atoms with Crippen molar-refractivity contribution in [2.75, 3.05) is 18.4 Å². The summed E-state index contributed by atoms with van der Waals surface area (Å²) in [6.07, 6.45) is 8.65. The second-order valence-electron chi connectivity index (χ2n) is 6.55. The van der Waals surface area contributed by atoms with Crippen molar-refractivity contribution in [1.82, 2.24) is 4.90 Å². The average molecular weight is 335 g/mol. The quantitative estimate of drug-likeness (QED) is 0.778. The lowest BCUT2D eigenvalue weighted by Gasteiger charge is -2.18. The molecule has 2 aliphatic rings. The Bertz CT molecular complexity index is 752. The van der Waals surface area contributed by atoms with E-state index in [0.717, 1.165) is 25.1 Å². The van der Waals surface area contributed by atoms with Gasteiger partial charge in [0.05, 0.1) is 11.6 Å². The van der Waals surface area contributed by atoms with Gasteiger partial charge in [0.2, 0.25) is 5.91 Å². The molecule has 1 unspecified atom stereocenters. The summed E-state index contributed by atoms with van der Waals surface area (Å²) in [6.45, 7) is 1.43. The summed E-state index contributed by atoms with van der Waals surface area (Å²) in [7, 11) is 0. The molecule has 2 heterocycles. The van der Waals surface area contributed by atoms with E-state index in [0.29, 0.717) is 31.4 Å². The van der Waals surface area contributed by atoms with Crippen LogP contribution in [0.2, 0.25) is 0 Å². The van der Waals surface area contributed by atoms with Gasteiger partial charge in [-0.05, 0) is 24.6 Å². The molecule has 1 N–H and O–H groups in total. The molecule has 1 atom stereocenters. The molecule has 1 aromatic rings. The smallest absolute Gasteiger partial charge is 0.222 e. The number of anilines is 1.